The first-order valence-electron chi connectivity index (χ1n) is 6.98. The fourth-order valence-corrected chi connectivity index (χ4v) is 2.06. The van der Waals surface area contributed by atoms with Gasteiger partial charge in [-0.05, 0) is 13.3 Å². The lowest BCUT2D eigenvalue weighted by Crippen LogP contribution is -2.54. The topological polar surface area (TPSA) is 86.4 Å². The van der Waals surface area contributed by atoms with Crippen LogP contribution in [0, 0.1) is 0 Å². The molecule has 1 rings (SSSR count). The van der Waals surface area contributed by atoms with Crippen LogP contribution >= 0.6 is 0 Å². The number of piperazine rings is 1. The summed E-state index contributed by atoms with van der Waals surface area (Å²) in [6.45, 7) is 8.78. The van der Waals surface area contributed by atoms with E-state index < -0.39 is 0 Å². The maximum Gasteiger partial charge on any atom is 0.208 e. The highest BCUT2D eigenvalue weighted by atomic mass is 16.5. The van der Waals surface area contributed by atoms with Crippen LogP contribution in [0.1, 0.15) is 13.3 Å². The lowest BCUT2D eigenvalue weighted by atomic mass is 10.3. The van der Waals surface area contributed by atoms with Gasteiger partial charge in [0.15, 0.2) is 0 Å². The minimum Gasteiger partial charge on any atom is -0.395 e. The highest BCUT2D eigenvalue weighted by molar-refractivity contribution is 5.79. The van der Waals surface area contributed by atoms with Gasteiger partial charge in [0, 0.05) is 52.5 Å². The van der Waals surface area contributed by atoms with Crippen molar-refractivity contribution in [3.63, 3.8) is 0 Å². The summed E-state index contributed by atoms with van der Waals surface area (Å²) in [4.78, 5) is 8.85. The minimum atomic E-state index is 0.216. The third-order valence-electron chi connectivity index (χ3n) is 3.13. The zero-order valence-corrected chi connectivity index (χ0v) is 11.8. The van der Waals surface area contributed by atoms with E-state index in [0.29, 0.717) is 0 Å². The summed E-state index contributed by atoms with van der Waals surface area (Å²) >= 11 is 0. The van der Waals surface area contributed by atoms with Crippen LogP contribution in [0.25, 0.3) is 0 Å². The van der Waals surface area contributed by atoms with Crippen LogP contribution in [0.4, 0.5) is 0 Å². The molecule has 0 aliphatic carbocycles. The Labute approximate surface area is 115 Å². The minimum absolute atomic E-state index is 0.216. The fourth-order valence-electron chi connectivity index (χ4n) is 2.06. The summed E-state index contributed by atoms with van der Waals surface area (Å²) in [5, 5.41) is 8.90. The number of nitrogens with two attached hydrogens (primary N) is 1. The van der Waals surface area contributed by atoms with Crippen LogP contribution in [-0.4, -0.2) is 80.0 Å². The molecule has 19 heavy (non-hydrogen) atoms. The molecular formula is C12H27N5O2. The predicted octanol–water partition coefficient (Wildman–Crippen LogP) is -1.16. The van der Waals surface area contributed by atoms with E-state index in [2.05, 4.69) is 20.2 Å². The molecule has 0 spiro atoms. The number of hydrogen-bond donors (Lipinski definition) is 3. The molecule has 7 heteroatoms. The molecule has 0 atom stereocenters. The molecule has 0 radical (unpaired) electrons. The van der Waals surface area contributed by atoms with E-state index in [0.717, 1.165) is 64.9 Å². The average molecular weight is 273 g/mol. The van der Waals surface area contributed by atoms with Gasteiger partial charge in [0.05, 0.1) is 6.61 Å². The van der Waals surface area contributed by atoms with Gasteiger partial charge in [-0.3, -0.25) is 15.3 Å². The SMILES string of the molecule is CCOCCCN=C(NN)N1CCN(CCO)CC1. The smallest absolute Gasteiger partial charge is 0.208 e. The van der Waals surface area contributed by atoms with Crippen LogP contribution < -0.4 is 11.3 Å². The van der Waals surface area contributed by atoms with Gasteiger partial charge < -0.3 is 14.7 Å². The first-order valence-corrected chi connectivity index (χ1v) is 6.98. The average Bonchev–Trinajstić information content (AvgIpc) is 2.44. The molecule has 4 N–H and O–H groups in total. The molecule has 1 saturated heterocycles. The molecule has 0 saturated carbocycles. The Kier molecular flexibility index (Phi) is 8.48. The van der Waals surface area contributed by atoms with E-state index in [9.17, 15) is 0 Å². The zero-order valence-electron chi connectivity index (χ0n) is 11.8. The Balaban J connectivity index is 2.28. The molecule has 1 fully saturated rings. The molecule has 1 aliphatic heterocycles. The number of aliphatic hydroxyl groups excluding tert-OH is 1. The molecule has 0 aromatic carbocycles. The first-order chi connectivity index (χ1) is 9.31. The highest BCUT2D eigenvalue weighted by Crippen LogP contribution is 2.01. The van der Waals surface area contributed by atoms with Crippen LogP contribution in [-0.2, 0) is 4.74 Å². The lowest BCUT2D eigenvalue weighted by Gasteiger charge is -2.35. The molecule has 112 valence electrons. The van der Waals surface area contributed by atoms with Gasteiger partial charge >= 0.3 is 0 Å². The molecule has 1 heterocycles. The Hall–Kier alpha value is -0.890. The first kappa shape index (κ1) is 16.2. The number of hydrazine groups is 1. The van der Waals surface area contributed by atoms with E-state index in [4.69, 9.17) is 15.7 Å². The molecule has 0 bridgehead atoms. The predicted molar refractivity (Wildman–Crippen MR) is 75.8 cm³/mol. The number of aliphatic imine (C=N–C) groups is 1. The van der Waals surface area contributed by atoms with Crippen molar-refractivity contribution in [1.29, 1.82) is 0 Å². The Morgan fingerprint density at radius 2 is 2.11 bits per heavy atom. The number of guanidine groups is 1. The van der Waals surface area contributed by atoms with Crippen molar-refractivity contribution in [1.82, 2.24) is 15.2 Å². The van der Waals surface area contributed by atoms with E-state index >= 15 is 0 Å². The second-order valence-electron chi connectivity index (χ2n) is 4.45. The van der Waals surface area contributed by atoms with E-state index in [1.165, 1.54) is 0 Å². The normalized spacial score (nSPS) is 17.8. The van der Waals surface area contributed by atoms with Crippen molar-refractivity contribution in [2.45, 2.75) is 13.3 Å². The van der Waals surface area contributed by atoms with Gasteiger partial charge in [0.2, 0.25) is 5.96 Å². The van der Waals surface area contributed by atoms with E-state index in [-0.39, 0.29) is 6.61 Å². The number of rotatable bonds is 7. The van der Waals surface area contributed by atoms with Gasteiger partial charge in [-0.2, -0.15) is 0 Å². The summed E-state index contributed by atoms with van der Waals surface area (Å²) < 4.78 is 5.27. The molecule has 1 aliphatic rings. The number of hydrogen-bond acceptors (Lipinski definition) is 5. The summed E-state index contributed by atoms with van der Waals surface area (Å²) in [7, 11) is 0. The quantitative estimate of drug-likeness (QED) is 0.178. The summed E-state index contributed by atoms with van der Waals surface area (Å²) in [5.74, 6) is 6.28. The standard InChI is InChI=1S/C12H27N5O2/c1-2-19-11-3-4-14-12(15-13)17-7-5-16(6-8-17)9-10-18/h18H,2-11,13H2,1H3,(H,14,15). The number of aliphatic hydroxyl groups is 1. The van der Waals surface area contributed by atoms with Crippen molar-refractivity contribution in [3.8, 4) is 0 Å². The van der Waals surface area contributed by atoms with Crippen molar-refractivity contribution in [2.75, 3.05) is 59.1 Å². The largest absolute Gasteiger partial charge is 0.395 e. The highest BCUT2D eigenvalue weighted by Gasteiger charge is 2.18. The van der Waals surface area contributed by atoms with Crippen LogP contribution in [0.5, 0.6) is 0 Å². The maximum absolute atomic E-state index is 8.90. The molecule has 0 unspecified atom stereocenters. The number of β-amino-alcohol motifs (C(OH)–C–C–N with tert-alkyl or cyclic N) is 1. The summed E-state index contributed by atoms with van der Waals surface area (Å²) in [5.41, 5.74) is 2.68. The van der Waals surface area contributed by atoms with Gasteiger partial charge in [0.1, 0.15) is 0 Å². The van der Waals surface area contributed by atoms with Crippen molar-refractivity contribution in [2.24, 2.45) is 10.8 Å². The van der Waals surface area contributed by atoms with E-state index in [1.54, 1.807) is 0 Å². The second kappa shape index (κ2) is 9.96. The number of nitrogens with one attached hydrogen (secondary N) is 1. The lowest BCUT2D eigenvalue weighted by molar-refractivity contribution is 0.143. The zero-order chi connectivity index (χ0) is 13.9. The van der Waals surface area contributed by atoms with Crippen LogP contribution in [0.15, 0.2) is 4.99 Å². The molecular weight excluding hydrogens is 246 g/mol. The third kappa shape index (κ3) is 6.20. The van der Waals surface area contributed by atoms with Crippen molar-refractivity contribution >= 4 is 5.96 Å². The maximum atomic E-state index is 8.90. The molecule has 0 aromatic heterocycles. The molecule has 0 aromatic rings. The fraction of sp³-hybridized carbons (Fsp3) is 0.917. The van der Waals surface area contributed by atoms with Crippen molar-refractivity contribution in [3.05, 3.63) is 0 Å². The van der Waals surface area contributed by atoms with E-state index in [1.807, 2.05) is 6.92 Å². The Bertz CT molecular complexity index is 255. The van der Waals surface area contributed by atoms with Gasteiger partial charge in [-0.15, -0.1) is 0 Å². The van der Waals surface area contributed by atoms with Gasteiger partial charge in [-0.25, -0.2) is 5.84 Å². The van der Waals surface area contributed by atoms with Gasteiger partial charge in [0.25, 0.3) is 0 Å². The number of nitrogens with zero attached hydrogens (tertiary/aromatic N) is 3. The monoisotopic (exact) mass is 273 g/mol. The number of ether oxygens (including phenoxy) is 1. The van der Waals surface area contributed by atoms with Crippen LogP contribution in [0.3, 0.4) is 0 Å². The van der Waals surface area contributed by atoms with Gasteiger partial charge in [-0.1, -0.05) is 0 Å². The van der Waals surface area contributed by atoms with Crippen LogP contribution in [0.2, 0.25) is 0 Å². The molecule has 7 nitrogen and oxygen atoms in total. The summed E-state index contributed by atoms with van der Waals surface area (Å²) in [6, 6.07) is 0. The third-order valence-corrected chi connectivity index (χ3v) is 3.13. The summed E-state index contributed by atoms with van der Waals surface area (Å²) in [6.07, 6.45) is 0.906. The van der Waals surface area contributed by atoms with Crippen molar-refractivity contribution < 1.29 is 9.84 Å². The Morgan fingerprint density at radius 1 is 1.37 bits per heavy atom. The Morgan fingerprint density at radius 3 is 2.68 bits per heavy atom. The molecule has 0 amide bonds. The second-order valence-corrected chi connectivity index (χ2v) is 4.45.